The number of nitrogens with zero attached hydrogens (tertiary/aromatic N) is 2. The van der Waals surface area contributed by atoms with E-state index in [0.717, 1.165) is 44.6 Å². The zero-order valence-electron chi connectivity index (χ0n) is 16.3. The van der Waals surface area contributed by atoms with Crippen LogP contribution in [0.25, 0.3) is 0 Å². The monoisotopic (exact) mass is 377 g/mol. The fourth-order valence-electron chi connectivity index (χ4n) is 3.37. The van der Waals surface area contributed by atoms with E-state index in [2.05, 4.69) is 22.3 Å². The second kappa shape index (κ2) is 10.8. The summed E-state index contributed by atoms with van der Waals surface area (Å²) >= 11 is 0. The normalized spacial score (nSPS) is 15.3. The Bertz CT molecular complexity index is 598. The first kappa shape index (κ1) is 21.0. The van der Waals surface area contributed by atoms with Gasteiger partial charge in [0.2, 0.25) is 5.91 Å². The number of hydrogen-bond acceptors (Lipinski definition) is 4. The summed E-state index contributed by atoms with van der Waals surface area (Å²) in [4.78, 5) is 26.5. The van der Waals surface area contributed by atoms with Crippen LogP contribution in [0, 0.1) is 5.92 Å². The molecule has 0 aliphatic carbocycles. The van der Waals surface area contributed by atoms with Crippen molar-refractivity contribution in [2.24, 2.45) is 5.92 Å². The van der Waals surface area contributed by atoms with Crippen LogP contribution in [-0.4, -0.2) is 73.3 Å². The summed E-state index contributed by atoms with van der Waals surface area (Å²) in [5.41, 5.74) is 1.29. The molecule has 150 valence electrons. The Morgan fingerprint density at radius 1 is 1.26 bits per heavy atom. The molecule has 7 nitrogen and oxygen atoms in total. The lowest BCUT2D eigenvalue weighted by atomic mass is 9.96. The molecule has 1 heterocycles. The molecule has 1 aromatic rings. The van der Waals surface area contributed by atoms with Gasteiger partial charge in [-0.1, -0.05) is 12.1 Å². The Hall–Kier alpha value is -2.28. The molecule has 0 unspecified atom stereocenters. The van der Waals surface area contributed by atoms with Crippen LogP contribution in [0.5, 0.6) is 5.75 Å². The van der Waals surface area contributed by atoms with Gasteiger partial charge in [0, 0.05) is 20.1 Å². The van der Waals surface area contributed by atoms with E-state index in [-0.39, 0.29) is 12.5 Å². The summed E-state index contributed by atoms with van der Waals surface area (Å²) in [6, 6.07) is 8.25. The molecule has 2 amide bonds. The maximum absolute atomic E-state index is 11.5. The highest BCUT2D eigenvalue weighted by Gasteiger charge is 2.24. The van der Waals surface area contributed by atoms with Gasteiger partial charge in [-0.3, -0.25) is 9.69 Å². The second-order valence-electron chi connectivity index (χ2n) is 6.95. The number of likely N-dealkylation sites (N-methyl/N-ethyl adjacent to an activating group) is 1. The number of carbonyl (C=O) groups is 2. The Morgan fingerprint density at radius 2 is 1.93 bits per heavy atom. The Labute approximate surface area is 161 Å². The first-order valence-electron chi connectivity index (χ1n) is 9.64. The molecular weight excluding hydrogens is 346 g/mol. The van der Waals surface area contributed by atoms with Crippen molar-refractivity contribution in [3.05, 3.63) is 29.8 Å². The average molecular weight is 377 g/mol. The highest BCUT2D eigenvalue weighted by atomic mass is 16.5. The van der Waals surface area contributed by atoms with Crippen LogP contribution < -0.4 is 10.1 Å². The summed E-state index contributed by atoms with van der Waals surface area (Å²) in [5, 5.41) is 11.8. The lowest BCUT2D eigenvalue weighted by molar-refractivity contribution is -0.121. The fraction of sp³-hybridized carbons (Fsp3) is 0.600. The number of rotatable bonds is 9. The molecule has 1 saturated heterocycles. The van der Waals surface area contributed by atoms with E-state index in [1.54, 1.807) is 0 Å². The van der Waals surface area contributed by atoms with Gasteiger partial charge in [0.15, 0.2) is 0 Å². The van der Waals surface area contributed by atoms with Gasteiger partial charge in [0.1, 0.15) is 12.3 Å². The number of likely N-dealkylation sites (tertiary alicyclic amines) is 1. The van der Waals surface area contributed by atoms with Crippen LogP contribution in [-0.2, 0) is 11.2 Å². The van der Waals surface area contributed by atoms with E-state index in [1.807, 2.05) is 19.1 Å². The van der Waals surface area contributed by atoms with Crippen LogP contribution in [0.3, 0.4) is 0 Å². The number of nitrogens with one attached hydrogen (secondary N) is 1. The van der Waals surface area contributed by atoms with Crippen molar-refractivity contribution in [2.75, 3.05) is 46.4 Å². The van der Waals surface area contributed by atoms with Crippen molar-refractivity contribution in [3.8, 4) is 5.75 Å². The molecule has 27 heavy (non-hydrogen) atoms. The Kier molecular flexibility index (Phi) is 8.39. The van der Waals surface area contributed by atoms with E-state index in [4.69, 9.17) is 4.74 Å². The van der Waals surface area contributed by atoms with Gasteiger partial charge in [-0.2, -0.15) is 0 Å². The minimum absolute atomic E-state index is 0.0935. The fourth-order valence-corrected chi connectivity index (χ4v) is 3.37. The van der Waals surface area contributed by atoms with E-state index in [0.29, 0.717) is 19.1 Å². The molecule has 1 aliphatic rings. The Morgan fingerprint density at radius 3 is 2.48 bits per heavy atom. The van der Waals surface area contributed by atoms with Crippen molar-refractivity contribution in [3.63, 3.8) is 0 Å². The van der Waals surface area contributed by atoms with Gasteiger partial charge >= 0.3 is 6.09 Å². The molecule has 0 atom stereocenters. The molecule has 0 spiro atoms. The SMILES string of the molecule is CCOc1ccc(CCN2CCC(CN(CC(=O)NC)C(=O)O)CC2)cc1. The van der Waals surface area contributed by atoms with Crippen molar-refractivity contribution >= 4 is 12.0 Å². The number of ether oxygens (including phenoxy) is 1. The van der Waals surface area contributed by atoms with E-state index >= 15 is 0 Å². The van der Waals surface area contributed by atoms with Crippen LogP contribution >= 0.6 is 0 Å². The molecule has 2 N–H and O–H groups in total. The molecular formula is C20H31N3O4. The van der Waals surface area contributed by atoms with Gasteiger partial charge in [-0.05, 0) is 62.9 Å². The molecule has 2 rings (SSSR count). The lowest BCUT2D eigenvalue weighted by Gasteiger charge is -2.34. The van der Waals surface area contributed by atoms with Crippen LogP contribution in [0.4, 0.5) is 4.79 Å². The summed E-state index contributed by atoms with van der Waals surface area (Å²) in [6.45, 7) is 5.92. The third-order valence-electron chi connectivity index (χ3n) is 5.02. The maximum atomic E-state index is 11.5. The molecule has 0 aromatic heterocycles. The predicted molar refractivity (Wildman–Crippen MR) is 104 cm³/mol. The second-order valence-corrected chi connectivity index (χ2v) is 6.95. The third kappa shape index (κ3) is 7.09. The molecule has 1 aromatic carbocycles. The molecule has 0 saturated carbocycles. The van der Waals surface area contributed by atoms with Gasteiger partial charge < -0.3 is 20.1 Å². The smallest absolute Gasteiger partial charge is 0.407 e. The first-order valence-corrected chi connectivity index (χ1v) is 9.64. The number of piperidine rings is 1. The molecule has 0 radical (unpaired) electrons. The highest BCUT2D eigenvalue weighted by molar-refractivity contribution is 5.81. The largest absolute Gasteiger partial charge is 0.494 e. The Balaban J connectivity index is 1.72. The summed E-state index contributed by atoms with van der Waals surface area (Å²) < 4.78 is 5.47. The number of hydrogen-bond donors (Lipinski definition) is 2. The van der Waals surface area contributed by atoms with Crippen molar-refractivity contribution < 1.29 is 19.4 Å². The maximum Gasteiger partial charge on any atom is 0.407 e. The molecule has 1 aliphatic heterocycles. The summed E-state index contributed by atoms with van der Waals surface area (Å²) in [7, 11) is 1.52. The highest BCUT2D eigenvalue weighted by Crippen LogP contribution is 2.19. The van der Waals surface area contributed by atoms with E-state index < -0.39 is 6.09 Å². The number of amides is 2. The minimum Gasteiger partial charge on any atom is -0.494 e. The zero-order valence-corrected chi connectivity index (χ0v) is 16.3. The molecule has 1 fully saturated rings. The van der Waals surface area contributed by atoms with Crippen molar-refractivity contribution in [1.29, 1.82) is 0 Å². The van der Waals surface area contributed by atoms with E-state index in [9.17, 15) is 14.7 Å². The van der Waals surface area contributed by atoms with Gasteiger partial charge in [0.25, 0.3) is 0 Å². The minimum atomic E-state index is -1.03. The summed E-state index contributed by atoms with van der Waals surface area (Å²) in [6.07, 6.45) is 1.88. The zero-order chi connectivity index (χ0) is 19.6. The molecule has 0 bridgehead atoms. The van der Waals surface area contributed by atoms with E-state index in [1.165, 1.54) is 17.5 Å². The van der Waals surface area contributed by atoms with Gasteiger partial charge in [-0.25, -0.2) is 4.79 Å². The van der Waals surface area contributed by atoms with Crippen molar-refractivity contribution in [2.45, 2.75) is 26.2 Å². The average Bonchev–Trinajstić information content (AvgIpc) is 2.68. The van der Waals surface area contributed by atoms with Gasteiger partial charge in [0.05, 0.1) is 6.61 Å². The summed E-state index contributed by atoms with van der Waals surface area (Å²) in [5.74, 6) is 0.944. The quantitative estimate of drug-likeness (QED) is 0.688. The third-order valence-corrected chi connectivity index (χ3v) is 5.02. The first-order chi connectivity index (χ1) is 13.0. The number of carbonyl (C=O) groups excluding carboxylic acids is 1. The van der Waals surface area contributed by atoms with Crippen LogP contribution in [0.2, 0.25) is 0 Å². The molecule has 7 heteroatoms. The predicted octanol–water partition coefficient (Wildman–Crippen LogP) is 2.07. The number of benzene rings is 1. The van der Waals surface area contributed by atoms with Gasteiger partial charge in [-0.15, -0.1) is 0 Å². The van der Waals surface area contributed by atoms with Crippen LogP contribution in [0.15, 0.2) is 24.3 Å². The standard InChI is InChI=1S/C20H31N3O4/c1-3-27-18-6-4-16(5-7-18)8-11-22-12-9-17(10-13-22)14-23(20(25)26)15-19(24)21-2/h4-7,17H,3,8-15H2,1-2H3,(H,21,24)(H,25,26). The lowest BCUT2D eigenvalue weighted by Crippen LogP contribution is -2.44. The topological polar surface area (TPSA) is 82.1 Å². The van der Waals surface area contributed by atoms with Crippen molar-refractivity contribution in [1.82, 2.24) is 15.1 Å². The van der Waals surface area contributed by atoms with Crippen LogP contribution in [0.1, 0.15) is 25.3 Å². The number of carboxylic acid groups (broad SMARTS) is 1.